The van der Waals surface area contributed by atoms with Crippen LogP contribution in [0.1, 0.15) is 61.5 Å². The van der Waals surface area contributed by atoms with Crippen molar-refractivity contribution in [1.29, 1.82) is 0 Å². The number of rotatable bonds is 5. The lowest BCUT2D eigenvalue weighted by Crippen LogP contribution is -2.44. The van der Waals surface area contributed by atoms with Crippen molar-refractivity contribution in [1.82, 2.24) is 14.5 Å². The van der Waals surface area contributed by atoms with Gasteiger partial charge in [-0.3, -0.25) is 4.79 Å². The summed E-state index contributed by atoms with van der Waals surface area (Å²) >= 11 is 0. The monoisotopic (exact) mass is 363 g/mol. The second-order valence-electron chi connectivity index (χ2n) is 8.83. The molecule has 5 rings (SSSR count). The molecule has 4 nitrogen and oxygen atoms in total. The van der Waals surface area contributed by atoms with E-state index in [4.69, 9.17) is 0 Å². The maximum atomic E-state index is 13.2. The second-order valence-corrected chi connectivity index (χ2v) is 8.83. The molecule has 1 aliphatic heterocycles. The average Bonchev–Trinajstić information content (AvgIpc) is 3.62. The van der Waals surface area contributed by atoms with Crippen molar-refractivity contribution < 1.29 is 4.79 Å². The number of hydrogen-bond acceptors (Lipinski definition) is 2. The fourth-order valence-corrected chi connectivity index (χ4v) is 4.77. The summed E-state index contributed by atoms with van der Waals surface area (Å²) < 4.78 is 2.45. The predicted octanol–water partition coefficient (Wildman–Crippen LogP) is 4.04. The molecule has 0 unspecified atom stereocenters. The Labute approximate surface area is 161 Å². The number of hydrogen-bond donors (Lipinski definition) is 0. The highest BCUT2D eigenvalue weighted by Crippen LogP contribution is 2.50. The molecular weight excluding hydrogens is 334 g/mol. The maximum Gasteiger partial charge on any atom is 0.233 e. The normalized spacial score (nSPS) is 22.0. The van der Waals surface area contributed by atoms with E-state index in [-0.39, 0.29) is 5.41 Å². The predicted molar refractivity (Wildman–Crippen MR) is 106 cm³/mol. The Hall–Kier alpha value is -2.10. The van der Waals surface area contributed by atoms with Crippen molar-refractivity contribution in [3.05, 3.63) is 53.6 Å². The van der Waals surface area contributed by atoms with Crippen LogP contribution < -0.4 is 0 Å². The first-order valence-corrected chi connectivity index (χ1v) is 10.5. The Morgan fingerprint density at radius 3 is 2.44 bits per heavy atom. The van der Waals surface area contributed by atoms with Gasteiger partial charge < -0.3 is 9.47 Å². The quantitative estimate of drug-likeness (QED) is 0.804. The van der Waals surface area contributed by atoms with E-state index in [2.05, 4.69) is 45.6 Å². The third-order valence-electron chi connectivity index (χ3n) is 6.86. The largest absolute Gasteiger partial charge is 0.342 e. The minimum absolute atomic E-state index is 0.214. The molecule has 2 saturated carbocycles. The van der Waals surface area contributed by atoms with Crippen molar-refractivity contribution in [2.75, 3.05) is 13.1 Å². The van der Waals surface area contributed by atoms with Crippen LogP contribution in [0, 0.1) is 12.8 Å². The molecule has 142 valence electrons. The average molecular weight is 364 g/mol. The maximum absolute atomic E-state index is 13.2. The van der Waals surface area contributed by atoms with Gasteiger partial charge in [-0.2, -0.15) is 0 Å². The zero-order valence-electron chi connectivity index (χ0n) is 16.2. The molecule has 2 heterocycles. The zero-order chi connectivity index (χ0) is 18.4. The van der Waals surface area contributed by atoms with Gasteiger partial charge in [-0.15, -0.1) is 0 Å². The molecule has 0 spiro atoms. The molecule has 3 aliphatic rings. The molecule has 1 amide bonds. The third kappa shape index (κ3) is 3.09. The molecule has 2 aromatic rings. The number of imidazole rings is 1. The zero-order valence-corrected chi connectivity index (χ0v) is 16.2. The van der Waals surface area contributed by atoms with Gasteiger partial charge in [-0.1, -0.05) is 30.3 Å². The second kappa shape index (κ2) is 6.50. The summed E-state index contributed by atoms with van der Waals surface area (Å²) in [5.74, 6) is 3.02. The highest BCUT2D eigenvalue weighted by atomic mass is 16.2. The highest BCUT2D eigenvalue weighted by molar-refractivity contribution is 5.91. The first kappa shape index (κ1) is 17.0. The number of aromatic nitrogens is 2. The molecule has 3 fully saturated rings. The Morgan fingerprint density at radius 1 is 1.11 bits per heavy atom. The number of carbonyl (C=O) groups excluding carboxylic acids is 1. The molecule has 4 heteroatoms. The Balaban J connectivity index is 1.22. The van der Waals surface area contributed by atoms with Crippen molar-refractivity contribution in [3.8, 4) is 0 Å². The molecule has 27 heavy (non-hydrogen) atoms. The van der Waals surface area contributed by atoms with E-state index in [1.165, 1.54) is 29.9 Å². The highest BCUT2D eigenvalue weighted by Gasteiger charge is 2.53. The molecule has 0 radical (unpaired) electrons. The molecule has 1 saturated heterocycles. The van der Waals surface area contributed by atoms with Crippen molar-refractivity contribution in [3.63, 3.8) is 0 Å². The lowest BCUT2D eigenvalue weighted by Gasteiger charge is -2.35. The van der Waals surface area contributed by atoms with Crippen molar-refractivity contribution >= 4 is 5.91 Å². The van der Waals surface area contributed by atoms with E-state index in [1.807, 2.05) is 12.3 Å². The van der Waals surface area contributed by atoms with Crippen LogP contribution in [0.25, 0.3) is 0 Å². The summed E-state index contributed by atoms with van der Waals surface area (Å²) in [5.41, 5.74) is 2.28. The summed E-state index contributed by atoms with van der Waals surface area (Å²) in [7, 11) is 0. The number of piperidine rings is 1. The number of amides is 1. The summed E-state index contributed by atoms with van der Waals surface area (Å²) in [4.78, 5) is 20.0. The summed E-state index contributed by atoms with van der Waals surface area (Å²) in [5, 5.41) is 0. The molecule has 0 N–H and O–H groups in total. The van der Waals surface area contributed by atoms with E-state index >= 15 is 0 Å². The Kier molecular flexibility index (Phi) is 4.10. The third-order valence-corrected chi connectivity index (χ3v) is 6.86. The van der Waals surface area contributed by atoms with E-state index < -0.39 is 0 Å². The lowest BCUT2D eigenvalue weighted by atomic mass is 9.91. The SMILES string of the molecule is Cc1cnc(C2CC2)n1CC1CCN(C(=O)C2(c3ccccc3)CC2)CC1. The molecular formula is C23H29N3O. The van der Waals surface area contributed by atoms with Gasteiger partial charge in [0.25, 0.3) is 0 Å². The van der Waals surface area contributed by atoms with Crippen LogP contribution in [0.15, 0.2) is 36.5 Å². The van der Waals surface area contributed by atoms with Crippen LogP contribution in [0.4, 0.5) is 0 Å². The van der Waals surface area contributed by atoms with Gasteiger partial charge in [0, 0.05) is 37.4 Å². The van der Waals surface area contributed by atoms with E-state index in [0.717, 1.165) is 45.3 Å². The van der Waals surface area contributed by atoms with Crippen molar-refractivity contribution in [2.24, 2.45) is 5.92 Å². The van der Waals surface area contributed by atoms with Gasteiger partial charge in [-0.05, 0) is 56.9 Å². The summed E-state index contributed by atoms with van der Waals surface area (Å²) in [6.45, 7) is 5.06. The molecule has 2 aliphatic carbocycles. The van der Waals surface area contributed by atoms with Crippen molar-refractivity contribution in [2.45, 2.75) is 63.3 Å². The van der Waals surface area contributed by atoms with Gasteiger partial charge in [-0.25, -0.2) is 4.98 Å². The molecule has 0 atom stereocenters. The van der Waals surface area contributed by atoms with Gasteiger partial charge in [0.05, 0.1) is 5.41 Å². The number of nitrogens with zero attached hydrogens (tertiary/aromatic N) is 3. The van der Waals surface area contributed by atoms with Crippen LogP contribution in [0.3, 0.4) is 0 Å². The molecule has 0 bridgehead atoms. The van der Waals surface area contributed by atoms with E-state index in [9.17, 15) is 4.79 Å². The van der Waals surface area contributed by atoms with Crippen LogP contribution >= 0.6 is 0 Å². The van der Waals surface area contributed by atoms with Gasteiger partial charge in [0.1, 0.15) is 5.82 Å². The standard InChI is InChI=1S/C23H29N3O/c1-17-15-24-21(19-7-8-19)26(17)16-18-9-13-25(14-10-18)22(27)23(11-12-23)20-5-3-2-4-6-20/h2-6,15,18-19H,7-14,16H2,1H3. The number of carbonyl (C=O) groups is 1. The molecule has 1 aromatic heterocycles. The number of benzene rings is 1. The van der Waals surface area contributed by atoms with Crippen LogP contribution in [0.5, 0.6) is 0 Å². The van der Waals surface area contributed by atoms with E-state index in [0.29, 0.717) is 17.7 Å². The lowest BCUT2D eigenvalue weighted by molar-refractivity contribution is -0.135. The number of likely N-dealkylation sites (tertiary alicyclic amines) is 1. The first-order chi connectivity index (χ1) is 13.2. The smallest absolute Gasteiger partial charge is 0.233 e. The minimum Gasteiger partial charge on any atom is -0.342 e. The Bertz CT molecular complexity index is 825. The Morgan fingerprint density at radius 2 is 1.81 bits per heavy atom. The topological polar surface area (TPSA) is 38.1 Å². The fraction of sp³-hybridized carbons (Fsp3) is 0.565. The van der Waals surface area contributed by atoms with Gasteiger partial charge in [0.2, 0.25) is 5.91 Å². The number of aryl methyl sites for hydroxylation is 1. The fourth-order valence-electron chi connectivity index (χ4n) is 4.77. The van der Waals surface area contributed by atoms with Gasteiger partial charge >= 0.3 is 0 Å². The summed E-state index contributed by atoms with van der Waals surface area (Å²) in [6.07, 6.45) is 8.86. The van der Waals surface area contributed by atoms with Crippen LogP contribution in [-0.4, -0.2) is 33.4 Å². The minimum atomic E-state index is -0.214. The van der Waals surface area contributed by atoms with Gasteiger partial charge in [0.15, 0.2) is 0 Å². The van der Waals surface area contributed by atoms with Crippen LogP contribution in [0.2, 0.25) is 0 Å². The molecule has 1 aromatic carbocycles. The van der Waals surface area contributed by atoms with Crippen LogP contribution in [-0.2, 0) is 16.8 Å². The first-order valence-electron chi connectivity index (χ1n) is 10.5. The summed E-state index contributed by atoms with van der Waals surface area (Å²) in [6, 6.07) is 10.4. The van der Waals surface area contributed by atoms with E-state index in [1.54, 1.807) is 0 Å².